The van der Waals surface area contributed by atoms with Crippen LogP contribution >= 0.6 is 11.3 Å². The smallest absolute Gasteiger partial charge is 0.321 e. The van der Waals surface area contributed by atoms with Crippen molar-refractivity contribution >= 4 is 29.0 Å². The second-order valence-electron chi connectivity index (χ2n) is 4.49. The van der Waals surface area contributed by atoms with Crippen LogP contribution in [-0.2, 0) is 4.79 Å². The number of piperidine rings is 1. The monoisotopic (exact) mass is 268 g/mol. The van der Waals surface area contributed by atoms with Crippen molar-refractivity contribution in [1.29, 1.82) is 0 Å². The number of hydrogen-bond acceptors (Lipinski definition) is 3. The Bertz CT molecular complexity index is 419. The number of likely N-dealkylation sites (tertiary alicyclic amines) is 1. The number of carbonyl (C=O) groups is 2. The van der Waals surface area contributed by atoms with Crippen LogP contribution in [0.5, 0.6) is 0 Å². The normalized spacial score (nSPS) is 19.6. The third-order valence-electron chi connectivity index (χ3n) is 3.04. The average Bonchev–Trinajstić information content (AvgIpc) is 2.81. The summed E-state index contributed by atoms with van der Waals surface area (Å²) in [5.74, 6) is -0.718. The highest BCUT2D eigenvalue weighted by Crippen LogP contribution is 2.21. The first-order valence-electron chi connectivity index (χ1n) is 5.95. The third kappa shape index (κ3) is 3.46. The number of amides is 2. The highest BCUT2D eigenvalue weighted by atomic mass is 32.1. The fourth-order valence-electron chi connectivity index (χ4n) is 2.20. The molecule has 2 N–H and O–H groups in total. The van der Waals surface area contributed by atoms with Gasteiger partial charge in [-0.05, 0) is 30.2 Å². The number of carbonyl (C=O) groups excluding carboxylic acids is 1. The van der Waals surface area contributed by atoms with Crippen molar-refractivity contribution in [3.05, 3.63) is 16.8 Å². The van der Waals surface area contributed by atoms with Gasteiger partial charge in [-0.25, -0.2) is 4.79 Å². The van der Waals surface area contributed by atoms with E-state index in [-0.39, 0.29) is 18.4 Å². The molecule has 1 aliphatic heterocycles. The van der Waals surface area contributed by atoms with Gasteiger partial charge in [0.25, 0.3) is 0 Å². The summed E-state index contributed by atoms with van der Waals surface area (Å²) in [5.41, 5.74) is 0.797. The summed E-state index contributed by atoms with van der Waals surface area (Å²) >= 11 is 1.53. The number of thiophene rings is 1. The molecule has 1 aromatic heterocycles. The maximum atomic E-state index is 12.0. The third-order valence-corrected chi connectivity index (χ3v) is 3.73. The molecule has 2 amide bonds. The van der Waals surface area contributed by atoms with E-state index in [0.29, 0.717) is 13.1 Å². The molecule has 2 heterocycles. The van der Waals surface area contributed by atoms with Crippen molar-refractivity contribution in [1.82, 2.24) is 4.90 Å². The minimum atomic E-state index is -0.792. The van der Waals surface area contributed by atoms with Crippen LogP contribution in [0.3, 0.4) is 0 Å². The molecule has 5 nitrogen and oxygen atoms in total. The summed E-state index contributed by atoms with van der Waals surface area (Å²) in [6.07, 6.45) is 1.89. The van der Waals surface area contributed by atoms with Crippen LogP contribution in [-0.4, -0.2) is 35.1 Å². The van der Waals surface area contributed by atoms with Gasteiger partial charge in [0.2, 0.25) is 0 Å². The van der Waals surface area contributed by atoms with Crippen LogP contribution in [0.25, 0.3) is 0 Å². The van der Waals surface area contributed by atoms with E-state index in [9.17, 15) is 9.59 Å². The molecule has 0 saturated carbocycles. The van der Waals surface area contributed by atoms with Crippen LogP contribution in [0.2, 0.25) is 0 Å². The zero-order valence-electron chi connectivity index (χ0n) is 9.96. The molecular formula is C12H16N2O3S. The molecule has 6 heteroatoms. The van der Waals surface area contributed by atoms with Gasteiger partial charge in [0.15, 0.2) is 0 Å². The van der Waals surface area contributed by atoms with E-state index in [1.807, 2.05) is 16.8 Å². The lowest BCUT2D eigenvalue weighted by molar-refractivity contribution is -0.138. The first kappa shape index (κ1) is 12.9. The topological polar surface area (TPSA) is 69.6 Å². The molecule has 1 saturated heterocycles. The van der Waals surface area contributed by atoms with Gasteiger partial charge in [-0.15, -0.1) is 0 Å². The van der Waals surface area contributed by atoms with Crippen molar-refractivity contribution in [3.63, 3.8) is 0 Å². The fraction of sp³-hybridized carbons (Fsp3) is 0.500. The number of hydrogen-bond donors (Lipinski definition) is 2. The van der Waals surface area contributed by atoms with Gasteiger partial charge in [0, 0.05) is 24.9 Å². The molecule has 1 unspecified atom stereocenters. The minimum Gasteiger partial charge on any atom is -0.481 e. The minimum absolute atomic E-state index is 0.0736. The van der Waals surface area contributed by atoms with Gasteiger partial charge in [0.1, 0.15) is 0 Å². The predicted molar refractivity (Wildman–Crippen MR) is 69.9 cm³/mol. The van der Waals surface area contributed by atoms with E-state index in [1.165, 1.54) is 11.3 Å². The Kier molecular flexibility index (Phi) is 4.19. The quantitative estimate of drug-likeness (QED) is 0.884. The Morgan fingerprint density at radius 2 is 2.39 bits per heavy atom. The molecule has 0 bridgehead atoms. The van der Waals surface area contributed by atoms with Crippen LogP contribution in [0.1, 0.15) is 19.3 Å². The Morgan fingerprint density at radius 1 is 1.56 bits per heavy atom. The van der Waals surface area contributed by atoms with Crippen LogP contribution in [0, 0.1) is 5.92 Å². The Morgan fingerprint density at radius 3 is 3.06 bits per heavy atom. The summed E-state index contributed by atoms with van der Waals surface area (Å²) in [4.78, 5) is 24.4. The number of carboxylic acids is 1. The van der Waals surface area contributed by atoms with Crippen LogP contribution < -0.4 is 5.32 Å². The molecule has 0 spiro atoms. The number of nitrogens with one attached hydrogen (secondary N) is 1. The molecule has 18 heavy (non-hydrogen) atoms. The molecule has 1 fully saturated rings. The maximum Gasteiger partial charge on any atom is 0.321 e. The summed E-state index contributed by atoms with van der Waals surface area (Å²) in [5, 5.41) is 15.4. The van der Waals surface area contributed by atoms with E-state index in [2.05, 4.69) is 5.32 Å². The van der Waals surface area contributed by atoms with E-state index < -0.39 is 5.97 Å². The zero-order valence-corrected chi connectivity index (χ0v) is 10.8. The summed E-state index contributed by atoms with van der Waals surface area (Å²) in [6, 6.07) is 1.71. The van der Waals surface area contributed by atoms with E-state index in [0.717, 1.165) is 18.5 Å². The molecule has 1 aromatic rings. The zero-order chi connectivity index (χ0) is 13.0. The van der Waals surface area contributed by atoms with Crippen molar-refractivity contribution in [2.45, 2.75) is 19.3 Å². The van der Waals surface area contributed by atoms with Gasteiger partial charge in [-0.3, -0.25) is 4.79 Å². The van der Waals surface area contributed by atoms with Crippen molar-refractivity contribution in [2.75, 3.05) is 18.4 Å². The van der Waals surface area contributed by atoms with E-state index >= 15 is 0 Å². The van der Waals surface area contributed by atoms with Gasteiger partial charge >= 0.3 is 12.0 Å². The molecule has 98 valence electrons. The average molecular weight is 268 g/mol. The molecule has 1 atom stereocenters. The highest BCUT2D eigenvalue weighted by Gasteiger charge is 2.25. The van der Waals surface area contributed by atoms with E-state index in [4.69, 9.17) is 5.11 Å². The number of urea groups is 1. The Hall–Kier alpha value is -1.56. The Balaban J connectivity index is 1.88. The Labute approximate surface area is 109 Å². The number of anilines is 1. The first-order chi connectivity index (χ1) is 8.65. The van der Waals surface area contributed by atoms with Crippen LogP contribution in [0.4, 0.5) is 10.5 Å². The van der Waals surface area contributed by atoms with Crippen molar-refractivity contribution in [2.24, 2.45) is 5.92 Å². The second kappa shape index (κ2) is 5.86. The SMILES string of the molecule is O=C(O)CC1CCCN(C(=O)Nc2ccsc2)C1. The summed E-state index contributed by atoms with van der Waals surface area (Å²) in [7, 11) is 0. The van der Waals surface area contributed by atoms with Gasteiger partial charge in [-0.1, -0.05) is 0 Å². The van der Waals surface area contributed by atoms with E-state index in [1.54, 1.807) is 4.90 Å². The van der Waals surface area contributed by atoms with Gasteiger partial charge in [-0.2, -0.15) is 11.3 Å². The largest absolute Gasteiger partial charge is 0.481 e. The molecule has 0 aromatic carbocycles. The summed E-state index contributed by atoms with van der Waals surface area (Å²) < 4.78 is 0. The first-order valence-corrected chi connectivity index (χ1v) is 6.89. The maximum absolute atomic E-state index is 12.0. The van der Waals surface area contributed by atoms with Gasteiger partial charge < -0.3 is 15.3 Å². The van der Waals surface area contributed by atoms with Gasteiger partial charge in [0.05, 0.1) is 5.69 Å². The highest BCUT2D eigenvalue weighted by molar-refractivity contribution is 7.08. The standard InChI is InChI=1S/C12H16N2O3S/c15-11(16)6-9-2-1-4-14(7-9)12(17)13-10-3-5-18-8-10/h3,5,8-9H,1-2,4,6-7H2,(H,13,17)(H,15,16). The molecule has 0 aliphatic carbocycles. The van der Waals surface area contributed by atoms with Crippen LogP contribution in [0.15, 0.2) is 16.8 Å². The lowest BCUT2D eigenvalue weighted by atomic mass is 9.95. The molecule has 2 rings (SSSR count). The van der Waals surface area contributed by atoms with Crippen molar-refractivity contribution in [3.8, 4) is 0 Å². The fourth-order valence-corrected chi connectivity index (χ4v) is 2.79. The summed E-state index contributed by atoms with van der Waals surface area (Å²) in [6.45, 7) is 1.23. The molecule has 0 radical (unpaired) electrons. The number of aliphatic carboxylic acids is 1. The number of rotatable bonds is 3. The second-order valence-corrected chi connectivity index (χ2v) is 5.27. The lowest BCUT2D eigenvalue weighted by Gasteiger charge is -2.32. The number of nitrogens with zero attached hydrogens (tertiary/aromatic N) is 1. The molecule has 1 aliphatic rings. The van der Waals surface area contributed by atoms with Crippen molar-refractivity contribution < 1.29 is 14.7 Å². The number of carboxylic acid groups (broad SMARTS) is 1. The lowest BCUT2D eigenvalue weighted by Crippen LogP contribution is -2.42. The molecular weight excluding hydrogens is 252 g/mol. The predicted octanol–water partition coefficient (Wildman–Crippen LogP) is 2.47.